The van der Waals surface area contributed by atoms with Gasteiger partial charge in [-0.3, -0.25) is 0 Å². The SMILES string of the molecule is NC(=S)C1(NC(=O)Nc2cccc(F)c2)CCCCC1. The number of amides is 2. The van der Waals surface area contributed by atoms with Crippen LogP contribution >= 0.6 is 12.2 Å². The molecule has 1 fully saturated rings. The Morgan fingerprint density at radius 1 is 1.30 bits per heavy atom. The standard InChI is InChI=1S/C14H18FN3OS/c15-10-5-4-6-11(9-10)17-13(19)18-14(12(16)20)7-2-1-3-8-14/h4-6,9H,1-3,7-8H2,(H2,16,20)(H2,17,18,19). The molecule has 0 aliphatic heterocycles. The fraction of sp³-hybridized carbons (Fsp3) is 0.429. The average Bonchev–Trinajstić information content (AvgIpc) is 2.39. The van der Waals surface area contributed by atoms with Crippen LogP contribution in [-0.2, 0) is 0 Å². The first-order chi connectivity index (χ1) is 9.52. The Balaban J connectivity index is 2.03. The highest BCUT2D eigenvalue weighted by atomic mass is 32.1. The molecule has 1 saturated carbocycles. The topological polar surface area (TPSA) is 67.1 Å². The molecule has 0 bridgehead atoms. The van der Waals surface area contributed by atoms with Crippen LogP contribution in [0.4, 0.5) is 14.9 Å². The number of urea groups is 1. The maximum atomic E-state index is 13.1. The number of thiocarbonyl (C=S) groups is 1. The van der Waals surface area contributed by atoms with E-state index in [2.05, 4.69) is 10.6 Å². The van der Waals surface area contributed by atoms with E-state index in [0.29, 0.717) is 10.7 Å². The van der Waals surface area contributed by atoms with Crippen molar-refractivity contribution in [1.82, 2.24) is 5.32 Å². The van der Waals surface area contributed by atoms with Crippen molar-refractivity contribution in [3.63, 3.8) is 0 Å². The number of anilines is 1. The lowest BCUT2D eigenvalue weighted by molar-refractivity contribution is 0.236. The van der Waals surface area contributed by atoms with E-state index >= 15 is 0 Å². The fourth-order valence-electron chi connectivity index (χ4n) is 2.53. The Kier molecular flexibility index (Phi) is 4.54. The van der Waals surface area contributed by atoms with E-state index in [1.807, 2.05) is 0 Å². The van der Waals surface area contributed by atoms with Crippen LogP contribution in [0.3, 0.4) is 0 Å². The van der Waals surface area contributed by atoms with Crippen LogP contribution in [0.5, 0.6) is 0 Å². The number of benzene rings is 1. The number of nitrogens with two attached hydrogens (primary N) is 1. The number of rotatable bonds is 3. The molecule has 0 spiro atoms. The van der Waals surface area contributed by atoms with Gasteiger partial charge in [0.25, 0.3) is 0 Å². The molecule has 4 N–H and O–H groups in total. The lowest BCUT2D eigenvalue weighted by Gasteiger charge is -2.37. The first-order valence-electron chi connectivity index (χ1n) is 6.66. The van der Waals surface area contributed by atoms with E-state index in [0.717, 1.165) is 32.1 Å². The van der Waals surface area contributed by atoms with Crippen molar-refractivity contribution in [1.29, 1.82) is 0 Å². The smallest absolute Gasteiger partial charge is 0.320 e. The second-order valence-corrected chi connectivity index (χ2v) is 5.54. The van der Waals surface area contributed by atoms with Crippen molar-refractivity contribution in [2.75, 3.05) is 5.32 Å². The van der Waals surface area contributed by atoms with Crippen LogP contribution in [0.2, 0.25) is 0 Å². The van der Waals surface area contributed by atoms with Gasteiger partial charge in [0.2, 0.25) is 0 Å². The van der Waals surface area contributed by atoms with Crippen LogP contribution < -0.4 is 16.4 Å². The van der Waals surface area contributed by atoms with Crippen LogP contribution in [0.15, 0.2) is 24.3 Å². The normalized spacial score (nSPS) is 17.2. The van der Waals surface area contributed by atoms with Crippen LogP contribution in [0.25, 0.3) is 0 Å². The second kappa shape index (κ2) is 6.17. The third-order valence-electron chi connectivity index (χ3n) is 3.61. The molecule has 108 valence electrons. The number of carbonyl (C=O) groups excluding carboxylic acids is 1. The van der Waals surface area contributed by atoms with Crippen LogP contribution in [0, 0.1) is 5.82 Å². The lowest BCUT2D eigenvalue weighted by atomic mass is 9.81. The molecule has 0 aromatic heterocycles. The monoisotopic (exact) mass is 295 g/mol. The van der Waals surface area contributed by atoms with E-state index in [9.17, 15) is 9.18 Å². The highest BCUT2D eigenvalue weighted by Crippen LogP contribution is 2.28. The van der Waals surface area contributed by atoms with Crippen molar-refractivity contribution in [3.8, 4) is 0 Å². The first-order valence-corrected chi connectivity index (χ1v) is 7.07. The predicted octanol–water partition coefficient (Wildman–Crippen LogP) is 2.94. The van der Waals surface area contributed by atoms with Gasteiger partial charge in [0.05, 0.1) is 10.5 Å². The quantitative estimate of drug-likeness (QED) is 0.751. The Hall–Kier alpha value is -1.69. The molecular formula is C14H18FN3OS. The average molecular weight is 295 g/mol. The van der Waals surface area contributed by atoms with E-state index in [1.165, 1.54) is 18.2 Å². The summed E-state index contributed by atoms with van der Waals surface area (Å²) in [5, 5.41) is 5.47. The summed E-state index contributed by atoms with van der Waals surface area (Å²) < 4.78 is 13.1. The summed E-state index contributed by atoms with van der Waals surface area (Å²) in [6.45, 7) is 0. The zero-order valence-electron chi connectivity index (χ0n) is 11.1. The van der Waals surface area contributed by atoms with Gasteiger partial charge < -0.3 is 16.4 Å². The van der Waals surface area contributed by atoms with Gasteiger partial charge in [0.15, 0.2) is 0 Å². The molecule has 0 atom stereocenters. The zero-order chi connectivity index (χ0) is 14.6. The largest absolute Gasteiger partial charge is 0.391 e. The molecule has 2 amide bonds. The molecule has 0 heterocycles. The van der Waals surface area contributed by atoms with E-state index in [1.54, 1.807) is 6.07 Å². The summed E-state index contributed by atoms with van der Waals surface area (Å²) >= 11 is 5.11. The van der Waals surface area contributed by atoms with Crippen molar-refractivity contribution >= 4 is 28.9 Å². The fourth-order valence-corrected chi connectivity index (χ4v) is 2.79. The summed E-state index contributed by atoms with van der Waals surface area (Å²) in [6, 6.07) is 5.32. The van der Waals surface area contributed by atoms with Crippen LogP contribution in [0.1, 0.15) is 32.1 Å². The first kappa shape index (κ1) is 14.7. The number of hydrogen-bond donors (Lipinski definition) is 3. The van der Waals surface area contributed by atoms with E-state index in [4.69, 9.17) is 18.0 Å². The highest BCUT2D eigenvalue weighted by Gasteiger charge is 2.36. The highest BCUT2D eigenvalue weighted by molar-refractivity contribution is 7.80. The van der Waals surface area contributed by atoms with Gasteiger partial charge in [0, 0.05) is 5.69 Å². The molecule has 0 radical (unpaired) electrons. The molecule has 0 unspecified atom stereocenters. The summed E-state index contributed by atoms with van der Waals surface area (Å²) in [5.74, 6) is -0.399. The van der Waals surface area contributed by atoms with E-state index < -0.39 is 17.4 Å². The van der Waals surface area contributed by atoms with Gasteiger partial charge in [-0.2, -0.15) is 0 Å². The third-order valence-corrected chi connectivity index (χ3v) is 4.00. The van der Waals surface area contributed by atoms with Crippen molar-refractivity contribution < 1.29 is 9.18 Å². The zero-order valence-corrected chi connectivity index (χ0v) is 11.9. The maximum absolute atomic E-state index is 13.1. The summed E-state index contributed by atoms with van der Waals surface area (Å²) in [5.41, 5.74) is 5.58. The molecule has 0 saturated heterocycles. The van der Waals surface area contributed by atoms with E-state index in [-0.39, 0.29) is 0 Å². The molecule has 1 aromatic rings. The van der Waals surface area contributed by atoms with Crippen LogP contribution in [-0.4, -0.2) is 16.6 Å². The van der Waals surface area contributed by atoms with Crippen molar-refractivity contribution in [2.45, 2.75) is 37.6 Å². The maximum Gasteiger partial charge on any atom is 0.320 e. The Morgan fingerprint density at radius 2 is 2.00 bits per heavy atom. The molecule has 2 rings (SSSR count). The lowest BCUT2D eigenvalue weighted by Crippen LogP contribution is -2.58. The molecule has 1 aliphatic rings. The number of halogens is 1. The summed E-state index contributed by atoms with van der Waals surface area (Å²) in [7, 11) is 0. The minimum atomic E-state index is -0.620. The number of carbonyl (C=O) groups is 1. The minimum absolute atomic E-state index is 0.312. The summed E-state index contributed by atoms with van der Waals surface area (Å²) in [6.07, 6.45) is 4.59. The number of nitrogens with one attached hydrogen (secondary N) is 2. The van der Waals surface area contributed by atoms with Gasteiger partial charge in [-0.05, 0) is 31.0 Å². The Labute approximate surface area is 122 Å². The van der Waals surface area contributed by atoms with Gasteiger partial charge in [-0.1, -0.05) is 37.5 Å². The molecule has 1 aromatic carbocycles. The van der Waals surface area contributed by atoms with Crippen molar-refractivity contribution in [2.24, 2.45) is 5.73 Å². The summed E-state index contributed by atoms with van der Waals surface area (Å²) in [4.78, 5) is 12.4. The second-order valence-electron chi connectivity index (χ2n) is 5.10. The molecule has 4 nitrogen and oxygen atoms in total. The van der Waals surface area contributed by atoms with Crippen molar-refractivity contribution in [3.05, 3.63) is 30.1 Å². The Morgan fingerprint density at radius 3 is 2.60 bits per heavy atom. The number of hydrogen-bond acceptors (Lipinski definition) is 2. The van der Waals surface area contributed by atoms with Gasteiger partial charge in [0.1, 0.15) is 5.82 Å². The van der Waals surface area contributed by atoms with Gasteiger partial charge >= 0.3 is 6.03 Å². The van der Waals surface area contributed by atoms with Gasteiger partial charge in [-0.15, -0.1) is 0 Å². The third kappa shape index (κ3) is 3.45. The minimum Gasteiger partial charge on any atom is -0.391 e. The van der Waals surface area contributed by atoms with Gasteiger partial charge in [-0.25, -0.2) is 9.18 Å². The molecular weight excluding hydrogens is 277 g/mol. The molecule has 6 heteroatoms. The Bertz CT molecular complexity index is 515. The molecule has 20 heavy (non-hydrogen) atoms. The molecule has 1 aliphatic carbocycles. The predicted molar refractivity (Wildman–Crippen MR) is 81.2 cm³/mol.